The smallest absolute Gasteiger partial charge is 0.140 e. The van der Waals surface area contributed by atoms with Gasteiger partial charge in [-0.1, -0.05) is 6.07 Å². The first-order valence-electron chi connectivity index (χ1n) is 6.94. The van der Waals surface area contributed by atoms with Crippen molar-refractivity contribution in [3.8, 4) is 6.07 Å². The lowest BCUT2D eigenvalue weighted by Gasteiger charge is -2.35. The highest BCUT2D eigenvalue weighted by molar-refractivity contribution is 5.85. The summed E-state index contributed by atoms with van der Waals surface area (Å²) in [7, 11) is 0. The monoisotopic (exact) mass is 331 g/mol. The molecule has 0 aromatic heterocycles. The highest BCUT2D eigenvalue weighted by Gasteiger charge is 2.36. The van der Waals surface area contributed by atoms with E-state index in [-0.39, 0.29) is 30.4 Å². The maximum atomic E-state index is 13.4. The van der Waals surface area contributed by atoms with E-state index in [9.17, 15) is 4.39 Å². The minimum absolute atomic E-state index is 0. The standard InChI is InChI=1S/C15H18FN3.2ClH/c16-14-4-3-12(9-13(14)10-17)15(11-1-2-11)19-7-5-18-6-8-19;;/h3-4,9,11,15,18H,1-2,5-8H2;2*1H/t15-;;/m1../s1. The molecule has 1 atom stereocenters. The number of benzene rings is 1. The second-order valence-corrected chi connectivity index (χ2v) is 5.42. The molecule has 3 rings (SSSR count). The van der Waals surface area contributed by atoms with Crippen LogP contribution < -0.4 is 5.32 Å². The SMILES string of the molecule is Cl.Cl.N#Cc1cc([C@@H](C2CC2)N2CCNCC2)ccc1F. The van der Waals surface area contributed by atoms with E-state index in [4.69, 9.17) is 5.26 Å². The summed E-state index contributed by atoms with van der Waals surface area (Å²) in [5.41, 5.74) is 1.26. The van der Waals surface area contributed by atoms with Gasteiger partial charge in [0.25, 0.3) is 0 Å². The number of halogens is 3. The van der Waals surface area contributed by atoms with Crippen LogP contribution >= 0.6 is 24.8 Å². The average Bonchev–Trinajstić information content (AvgIpc) is 3.27. The van der Waals surface area contributed by atoms with Crippen LogP contribution in [0.2, 0.25) is 0 Å². The van der Waals surface area contributed by atoms with E-state index >= 15 is 0 Å². The minimum atomic E-state index is -0.416. The average molecular weight is 332 g/mol. The summed E-state index contributed by atoms with van der Waals surface area (Å²) in [6.45, 7) is 4.08. The van der Waals surface area contributed by atoms with E-state index in [0.717, 1.165) is 31.7 Å². The minimum Gasteiger partial charge on any atom is -0.314 e. The van der Waals surface area contributed by atoms with Crippen molar-refractivity contribution in [2.45, 2.75) is 18.9 Å². The van der Waals surface area contributed by atoms with Crippen molar-refractivity contribution >= 4 is 24.8 Å². The zero-order valence-electron chi connectivity index (χ0n) is 11.7. The number of hydrogen-bond acceptors (Lipinski definition) is 3. The number of hydrogen-bond donors (Lipinski definition) is 1. The van der Waals surface area contributed by atoms with Crippen LogP contribution in [0.5, 0.6) is 0 Å². The Hall–Kier alpha value is -0.860. The molecule has 0 radical (unpaired) electrons. The van der Waals surface area contributed by atoms with E-state index in [0.29, 0.717) is 12.0 Å². The Labute approximate surface area is 137 Å². The molecule has 1 N–H and O–H groups in total. The molecule has 1 aromatic carbocycles. The molecule has 2 fully saturated rings. The molecule has 0 spiro atoms. The molecule has 1 saturated carbocycles. The number of rotatable bonds is 3. The second kappa shape index (κ2) is 7.95. The molecule has 3 nitrogen and oxygen atoms in total. The molecular formula is C15H20Cl2FN3. The van der Waals surface area contributed by atoms with Crippen molar-refractivity contribution in [3.63, 3.8) is 0 Å². The normalized spacial score (nSPS) is 19.8. The summed E-state index contributed by atoms with van der Waals surface area (Å²) < 4.78 is 13.4. The third-order valence-corrected chi connectivity index (χ3v) is 4.07. The molecule has 1 aliphatic carbocycles. The predicted octanol–water partition coefficient (Wildman–Crippen LogP) is 2.90. The predicted molar refractivity (Wildman–Crippen MR) is 85.5 cm³/mol. The second-order valence-electron chi connectivity index (χ2n) is 5.42. The summed E-state index contributed by atoms with van der Waals surface area (Å²) in [5.74, 6) is 0.260. The van der Waals surface area contributed by atoms with Crippen molar-refractivity contribution in [2.24, 2.45) is 5.92 Å². The van der Waals surface area contributed by atoms with Crippen molar-refractivity contribution in [3.05, 3.63) is 35.1 Å². The highest BCUT2D eigenvalue weighted by atomic mass is 35.5. The van der Waals surface area contributed by atoms with E-state index < -0.39 is 5.82 Å². The van der Waals surface area contributed by atoms with E-state index in [2.05, 4.69) is 10.2 Å². The van der Waals surface area contributed by atoms with Crippen LogP contribution in [0.25, 0.3) is 0 Å². The van der Waals surface area contributed by atoms with Gasteiger partial charge in [-0.05, 0) is 36.5 Å². The van der Waals surface area contributed by atoms with Crippen LogP contribution in [0, 0.1) is 23.1 Å². The van der Waals surface area contributed by atoms with Gasteiger partial charge in [-0.15, -0.1) is 24.8 Å². The van der Waals surface area contributed by atoms with Gasteiger partial charge in [0.1, 0.15) is 11.9 Å². The molecule has 0 amide bonds. The first kappa shape index (κ1) is 18.2. The van der Waals surface area contributed by atoms with E-state index in [1.165, 1.54) is 18.9 Å². The van der Waals surface area contributed by atoms with Gasteiger partial charge in [0.15, 0.2) is 0 Å². The molecule has 6 heteroatoms. The molecule has 1 heterocycles. The Kier molecular flexibility index (Phi) is 6.89. The molecule has 0 bridgehead atoms. The van der Waals surface area contributed by atoms with Gasteiger partial charge in [0.2, 0.25) is 0 Å². The lowest BCUT2D eigenvalue weighted by Crippen LogP contribution is -2.45. The van der Waals surface area contributed by atoms with Crippen LogP contribution in [-0.2, 0) is 0 Å². The lowest BCUT2D eigenvalue weighted by atomic mass is 9.98. The largest absolute Gasteiger partial charge is 0.314 e. The van der Waals surface area contributed by atoms with Crippen LogP contribution in [0.15, 0.2) is 18.2 Å². The van der Waals surface area contributed by atoms with Crippen molar-refractivity contribution in [1.82, 2.24) is 10.2 Å². The molecule has 2 aliphatic rings. The van der Waals surface area contributed by atoms with Crippen molar-refractivity contribution in [1.29, 1.82) is 5.26 Å². The van der Waals surface area contributed by atoms with Crippen LogP contribution in [-0.4, -0.2) is 31.1 Å². The topological polar surface area (TPSA) is 39.1 Å². The first-order chi connectivity index (χ1) is 9.29. The highest BCUT2D eigenvalue weighted by Crippen LogP contribution is 2.44. The third-order valence-electron chi connectivity index (χ3n) is 4.07. The molecule has 1 saturated heterocycles. The van der Waals surface area contributed by atoms with Crippen molar-refractivity contribution < 1.29 is 4.39 Å². The number of piperazine rings is 1. The first-order valence-corrected chi connectivity index (χ1v) is 6.94. The van der Waals surface area contributed by atoms with Gasteiger partial charge < -0.3 is 5.32 Å². The summed E-state index contributed by atoms with van der Waals surface area (Å²) >= 11 is 0. The van der Waals surface area contributed by atoms with E-state index in [1.54, 1.807) is 6.07 Å². The van der Waals surface area contributed by atoms with Gasteiger partial charge in [-0.3, -0.25) is 4.90 Å². The number of nitrogens with one attached hydrogen (secondary N) is 1. The maximum Gasteiger partial charge on any atom is 0.140 e. The Balaban J connectivity index is 0.00000110. The molecule has 116 valence electrons. The molecule has 0 unspecified atom stereocenters. The fourth-order valence-electron chi connectivity index (χ4n) is 2.97. The lowest BCUT2D eigenvalue weighted by molar-refractivity contribution is 0.156. The summed E-state index contributed by atoms with van der Waals surface area (Å²) in [6, 6.07) is 7.32. The van der Waals surface area contributed by atoms with Gasteiger partial charge in [0.05, 0.1) is 5.56 Å². The van der Waals surface area contributed by atoms with Crippen molar-refractivity contribution in [2.75, 3.05) is 26.2 Å². The van der Waals surface area contributed by atoms with Crippen LogP contribution in [0.3, 0.4) is 0 Å². The Bertz CT molecular complexity index is 508. The van der Waals surface area contributed by atoms with Gasteiger partial charge in [-0.25, -0.2) is 4.39 Å². The molecule has 21 heavy (non-hydrogen) atoms. The van der Waals surface area contributed by atoms with E-state index in [1.807, 2.05) is 12.1 Å². The van der Waals surface area contributed by atoms with Gasteiger partial charge in [0, 0.05) is 32.2 Å². The van der Waals surface area contributed by atoms with Gasteiger partial charge >= 0.3 is 0 Å². The third kappa shape index (κ3) is 4.08. The number of nitrogens with zero attached hydrogens (tertiary/aromatic N) is 2. The fourth-order valence-corrected chi connectivity index (χ4v) is 2.97. The maximum absolute atomic E-state index is 13.4. The van der Waals surface area contributed by atoms with Crippen LogP contribution in [0.1, 0.15) is 30.0 Å². The number of nitriles is 1. The Morgan fingerprint density at radius 2 is 1.90 bits per heavy atom. The summed E-state index contributed by atoms with van der Waals surface area (Å²) in [6.07, 6.45) is 2.49. The zero-order chi connectivity index (χ0) is 13.2. The fraction of sp³-hybridized carbons (Fsp3) is 0.533. The molecule has 1 aromatic rings. The quantitative estimate of drug-likeness (QED) is 0.925. The zero-order valence-corrected chi connectivity index (χ0v) is 13.4. The summed E-state index contributed by atoms with van der Waals surface area (Å²) in [5, 5.41) is 12.3. The molecule has 1 aliphatic heterocycles. The Morgan fingerprint density at radius 3 is 2.48 bits per heavy atom. The summed E-state index contributed by atoms with van der Waals surface area (Å²) in [4.78, 5) is 2.47. The van der Waals surface area contributed by atoms with Gasteiger partial charge in [-0.2, -0.15) is 5.26 Å². The molecular weight excluding hydrogens is 312 g/mol. The Morgan fingerprint density at radius 1 is 1.24 bits per heavy atom. The van der Waals surface area contributed by atoms with Crippen LogP contribution in [0.4, 0.5) is 4.39 Å².